The third kappa shape index (κ3) is 5.15. The standard InChI is InChI=1S/C25H28N6O3/c1-5-15(2)29-16(3)31-23(26)21(24(27)32)22(30-31)18-12-10-17(11-13-18)14-28-25(33)19-8-6-7-9-20(19)34-4/h5-13H,14,26H2,1-4H3,(H2,27,32)(H,28,33)/b15-5-,29-16?. The van der Waals surface area contributed by atoms with Crippen LogP contribution in [0.3, 0.4) is 0 Å². The van der Waals surface area contributed by atoms with Gasteiger partial charge in [0.15, 0.2) is 0 Å². The number of allylic oxidation sites excluding steroid dienone is 2. The fourth-order valence-corrected chi connectivity index (χ4v) is 3.38. The lowest BCUT2D eigenvalue weighted by molar-refractivity contribution is 0.0946. The Labute approximate surface area is 198 Å². The van der Waals surface area contributed by atoms with Crippen molar-refractivity contribution in [2.24, 2.45) is 10.7 Å². The number of ether oxygens (including phenoxy) is 1. The number of methoxy groups -OCH3 is 1. The topological polar surface area (TPSA) is 138 Å². The van der Waals surface area contributed by atoms with Gasteiger partial charge in [0.1, 0.15) is 28.7 Å². The molecule has 1 aromatic heterocycles. The second-order valence-electron chi connectivity index (χ2n) is 7.55. The molecule has 9 nitrogen and oxygen atoms in total. The summed E-state index contributed by atoms with van der Waals surface area (Å²) >= 11 is 0. The summed E-state index contributed by atoms with van der Waals surface area (Å²) in [6.45, 7) is 5.78. The number of aromatic nitrogens is 2. The van der Waals surface area contributed by atoms with E-state index in [0.29, 0.717) is 35.0 Å². The molecule has 0 aliphatic heterocycles. The molecule has 5 N–H and O–H groups in total. The van der Waals surface area contributed by atoms with Crippen LogP contribution in [0.5, 0.6) is 5.75 Å². The lowest BCUT2D eigenvalue weighted by Crippen LogP contribution is -2.23. The second kappa shape index (κ2) is 10.5. The van der Waals surface area contributed by atoms with Gasteiger partial charge in [0.2, 0.25) is 0 Å². The normalized spacial score (nSPS) is 11.9. The van der Waals surface area contributed by atoms with Crippen LogP contribution in [0.1, 0.15) is 47.1 Å². The number of nitrogen functional groups attached to an aromatic ring is 1. The van der Waals surface area contributed by atoms with E-state index in [4.69, 9.17) is 16.2 Å². The number of nitrogens with two attached hydrogens (primary N) is 2. The number of nitrogens with one attached hydrogen (secondary N) is 1. The van der Waals surface area contributed by atoms with Crippen LogP contribution in [-0.4, -0.2) is 34.5 Å². The summed E-state index contributed by atoms with van der Waals surface area (Å²) in [4.78, 5) is 29.1. The highest BCUT2D eigenvalue weighted by atomic mass is 16.5. The first-order valence-electron chi connectivity index (χ1n) is 10.6. The van der Waals surface area contributed by atoms with E-state index in [1.807, 2.05) is 32.1 Å². The van der Waals surface area contributed by atoms with Crippen LogP contribution in [0.25, 0.3) is 11.3 Å². The Balaban J connectivity index is 1.84. The molecule has 34 heavy (non-hydrogen) atoms. The Hall–Kier alpha value is -4.40. The minimum atomic E-state index is -0.678. The molecule has 2 amide bonds. The summed E-state index contributed by atoms with van der Waals surface area (Å²) in [5, 5.41) is 7.38. The van der Waals surface area contributed by atoms with Crippen LogP contribution in [0.4, 0.5) is 5.82 Å². The molecule has 0 bridgehead atoms. The molecular weight excluding hydrogens is 432 g/mol. The van der Waals surface area contributed by atoms with Crippen LogP contribution in [0, 0.1) is 0 Å². The van der Waals surface area contributed by atoms with Crippen molar-refractivity contribution in [1.82, 2.24) is 15.1 Å². The smallest absolute Gasteiger partial charge is 0.255 e. The fourth-order valence-electron chi connectivity index (χ4n) is 3.38. The number of carbonyl (C=O) groups is 2. The number of anilines is 1. The highest BCUT2D eigenvalue weighted by Crippen LogP contribution is 2.27. The van der Waals surface area contributed by atoms with E-state index in [1.165, 1.54) is 11.8 Å². The fraction of sp³-hybridized carbons (Fsp3) is 0.200. The average Bonchev–Trinajstić information content (AvgIpc) is 3.20. The third-order valence-electron chi connectivity index (χ3n) is 5.26. The number of rotatable bonds is 7. The molecule has 3 aromatic rings. The maximum absolute atomic E-state index is 12.5. The van der Waals surface area contributed by atoms with Crippen molar-refractivity contribution in [3.8, 4) is 17.0 Å². The minimum Gasteiger partial charge on any atom is -0.496 e. The lowest BCUT2D eigenvalue weighted by atomic mass is 10.0. The number of aliphatic imine (C=N–C) groups is 1. The van der Waals surface area contributed by atoms with Crippen LogP contribution in [0.15, 0.2) is 65.3 Å². The van der Waals surface area contributed by atoms with Gasteiger partial charge in [-0.3, -0.25) is 9.59 Å². The van der Waals surface area contributed by atoms with E-state index in [1.54, 1.807) is 43.3 Å². The van der Waals surface area contributed by atoms with Crippen molar-refractivity contribution in [2.75, 3.05) is 12.8 Å². The largest absolute Gasteiger partial charge is 0.496 e. The molecule has 0 saturated heterocycles. The molecule has 1 heterocycles. The van der Waals surface area contributed by atoms with Crippen molar-refractivity contribution in [2.45, 2.75) is 27.3 Å². The predicted octanol–water partition coefficient (Wildman–Crippen LogP) is 3.36. The molecular formula is C25H28N6O3. The highest BCUT2D eigenvalue weighted by Gasteiger charge is 2.22. The number of primary amides is 1. The molecule has 9 heteroatoms. The highest BCUT2D eigenvalue weighted by molar-refractivity contribution is 6.05. The quantitative estimate of drug-likeness (QED) is 0.367. The molecule has 0 aliphatic carbocycles. The van der Waals surface area contributed by atoms with Gasteiger partial charge < -0.3 is 21.5 Å². The van der Waals surface area contributed by atoms with Crippen LogP contribution in [-0.2, 0) is 6.54 Å². The number of para-hydroxylation sites is 1. The van der Waals surface area contributed by atoms with Crippen molar-refractivity contribution < 1.29 is 14.3 Å². The first-order valence-corrected chi connectivity index (χ1v) is 10.6. The van der Waals surface area contributed by atoms with Gasteiger partial charge in [0, 0.05) is 17.8 Å². The number of amides is 2. The van der Waals surface area contributed by atoms with Gasteiger partial charge in [-0.25, -0.2) is 9.67 Å². The number of hydrogen-bond acceptors (Lipinski definition) is 6. The first-order chi connectivity index (χ1) is 16.3. The number of nitrogens with zero attached hydrogens (tertiary/aromatic N) is 3. The van der Waals surface area contributed by atoms with E-state index in [2.05, 4.69) is 15.4 Å². The molecule has 0 aliphatic rings. The monoisotopic (exact) mass is 460 g/mol. The summed E-state index contributed by atoms with van der Waals surface area (Å²) in [6, 6.07) is 14.3. The number of hydrogen-bond donors (Lipinski definition) is 3. The SMILES string of the molecule is C/C=C(/C)N=C(C)n1nc(-c2ccc(CNC(=O)c3ccccc3OC)cc2)c(C(N)=O)c1N. The predicted molar refractivity (Wildman–Crippen MR) is 133 cm³/mol. The molecule has 0 atom stereocenters. The van der Waals surface area contributed by atoms with Crippen LogP contribution >= 0.6 is 0 Å². The van der Waals surface area contributed by atoms with E-state index >= 15 is 0 Å². The molecule has 0 fully saturated rings. The minimum absolute atomic E-state index is 0.126. The van der Waals surface area contributed by atoms with Crippen LogP contribution < -0.4 is 21.5 Å². The lowest BCUT2D eigenvalue weighted by Gasteiger charge is -2.09. The van der Waals surface area contributed by atoms with Crippen molar-refractivity contribution in [3.63, 3.8) is 0 Å². The van der Waals surface area contributed by atoms with E-state index < -0.39 is 5.91 Å². The summed E-state index contributed by atoms with van der Waals surface area (Å²) < 4.78 is 6.65. The van der Waals surface area contributed by atoms with Gasteiger partial charge in [0.05, 0.1) is 12.7 Å². The maximum Gasteiger partial charge on any atom is 0.255 e. The summed E-state index contributed by atoms with van der Waals surface area (Å²) in [7, 11) is 1.52. The van der Waals surface area contributed by atoms with Gasteiger partial charge in [0.25, 0.3) is 11.8 Å². The molecule has 0 radical (unpaired) electrons. The summed E-state index contributed by atoms with van der Waals surface area (Å²) in [5.74, 6) is 0.224. The first kappa shape index (κ1) is 24.2. The Kier molecular flexibility index (Phi) is 7.47. The molecule has 0 saturated carbocycles. The van der Waals surface area contributed by atoms with Crippen LogP contribution in [0.2, 0.25) is 0 Å². The van der Waals surface area contributed by atoms with E-state index in [0.717, 1.165) is 11.3 Å². The molecule has 2 aromatic carbocycles. The van der Waals surface area contributed by atoms with E-state index in [9.17, 15) is 9.59 Å². The van der Waals surface area contributed by atoms with E-state index in [-0.39, 0.29) is 17.3 Å². The summed E-state index contributed by atoms with van der Waals surface area (Å²) in [5.41, 5.74) is 15.1. The molecule has 0 unspecified atom stereocenters. The zero-order chi connectivity index (χ0) is 24.8. The van der Waals surface area contributed by atoms with Crippen molar-refractivity contribution in [1.29, 1.82) is 0 Å². The Bertz CT molecular complexity index is 1270. The Morgan fingerprint density at radius 1 is 1.15 bits per heavy atom. The third-order valence-corrected chi connectivity index (χ3v) is 5.26. The Morgan fingerprint density at radius 3 is 2.44 bits per heavy atom. The second-order valence-corrected chi connectivity index (χ2v) is 7.55. The molecule has 176 valence electrons. The molecule has 3 rings (SSSR count). The van der Waals surface area contributed by atoms with Gasteiger partial charge in [-0.2, -0.15) is 5.10 Å². The number of benzene rings is 2. The zero-order valence-corrected chi connectivity index (χ0v) is 19.6. The molecule has 0 spiro atoms. The summed E-state index contributed by atoms with van der Waals surface area (Å²) in [6.07, 6.45) is 1.85. The van der Waals surface area contributed by atoms with Gasteiger partial charge >= 0.3 is 0 Å². The maximum atomic E-state index is 12.5. The zero-order valence-electron chi connectivity index (χ0n) is 19.6. The van der Waals surface area contributed by atoms with Crippen molar-refractivity contribution >= 4 is 23.5 Å². The van der Waals surface area contributed by atoms with Gasteiger partial charge in [-0.1, -0.05) is 42.5 Å². The van der Waals surface area contributed by atoms with Gasteiger partial charge in [-0.15, -0.1) is 0 Å². The van der Waals surface area contributed by atoms with Crippen molar-refractivity contribution in [3.05, 3.63) is 77.0 Å². The average molecular weight is 461 g/mol. The van der Waals surface area contributed by atoms with Gasteiger partial charge in [-0.05, 0) is 38.5 Å². The Morgan fingerprint density at radius 2 is 1.82 bits per heavy atom. The number of carbonyl (C=O) groups excluding carboxylic acids is 2.